The third-order valence-electron chi connectivity index (χ3n) is 3.21. The van der Waals surface area contributed by atoms with E-state index in [1.807, 2.05) is 0 Å². The number of aryl methyl sites for hydroxylation is 2. The van der Waals surface area contributed by atoms with Crippen molar-refractivity contribution >= 4 is 23.2 Å². The molecular weight excluding hydrogens is 286 g/mol. The van der Waals surface area contributed by atoms with E-state index >= 15 is 0 Å². The van der Waals surface area contributed by atoms with Crippen LogP contribution in [0, 0.1) is 24.0 Å². The molecule has 0 fully saturated rings. The minimum absolute atomic E-state index is 0.0971. The number of hydrogen-bond donors (Lipinski definition) is 1. The molecule has 0 saturated heterocycles. The van der Waals surface area contributed by atoms with Crippen LogP contribution in [0.5, 0.6) is 0 Å². The molecule has 0 saturated carbocycles. The monoisotopic (exact) mass is 301 g/mol. The van der Waals surface area contributed by atoms with Gasteiger partial charge in [-0.25, -0.2) is 9.78 Å². The summed E-state index contributed by atoms with van der Waals surface area (Å²) >= 11 is 0. The highest BCUT2D eigenvalue weighted by Gasteiger charge is 2.17. The summed E-state index contributed by atoms with van der Waals surface area (Å²) in [7, 11) is 1.30. The summed E-state index contributed by atoms with van der Waals surface area (Å²) in [5, 5.41) is 14.0. The van der Waals surface area contributed by atoms with E-state index in [2.05, 4.69) is 15.0 Å². The molecule has 0 aliphatic rings. The Hall–Kier alpha value is -2.96. The van der Waals surface area contributed by atoms with E-state index in [9.17, 15) is 14.9 Å². The van der Waals surface area contributed by atoms with Crippen molar-refractivity contribution in [1.29, 1.82) is 0 Å². The first-order chi connectivity index (χ1) is 10.4. The van der Waals surface area contributed by atoms with E-state index in [-0.39, 0.29) is 11.5 Å². The summed E-state index contributed by atoms with van der Waals surface area (Å²) < 4.78 is 4.61. The summed E-state index contributed by atoms with van der Waals surface area (Å²) in [5.74, 6) is -0.277. The van der Waals surface area contributed by atoms with Gasteiger partial charge in [-0.05, 0) is 43.7 Å². The van der Waals surface area contributed by atoms with E-state index in [0.29, 0.717) is 16.9 Å². The van der Waals surface area contributed by atoms with Crippen LogP contribution in [-0.4, -0.2) is 23.0 Å². The number of hydrogen-bond acceptors (Lipinski definition) is 6. The quantitative estimate of drug-likeness (QED) is 0.529. The van der Waals surface area contributed by atoms with Crippen molar-refractivity contribution in [2.45, 2.75) is 13.8 Å². The molecule has 0 bridgehead atoms. The maximum absolute atomic E-state index is 11.4. The lowest BCUT2D eigenvalue weighted by Crippen LogP contribution is -2.03. The third kappa shape index (κ3) is 3.20. The first-order valence-electron chi connectivity index (χ1n) is 6.50. The van der Waals surface area contributed by atoms with Crippen LogP contribution in [0.25, 0.3) is 0 Å². The summed E-state index contributed by atoms with van der Waals surface area (Å²) in [6.07, 6.45) is 0. The van der Waals surface area contributed by atoms with E-state index in [1.54, 1.807) is 38.1 Å². The number of benzene rings is 1. The van der Waals surface area contributed by atoms with Crippen LogP contribution in [0.4, 0.5) is 17.2 Å². The van der Waals surface area contributed by atoms with Crippen molar-refractivity contribution in [3.05, 3.63) is 57.3 Å². The van der Waals surface area contributed by atoms with Crippen molar-refractivity contribution < 1.29 is 14.5 Å². The summed E-state index contributed by atoms with van der Waals surface area (Å²) in [6.45, 7) is 3.55. The zero-order chi connectivity index (χ0) is 16.3. The average molecular weight is 301 g/mol. The van der Waals surface area contributed by atoms with Gasteiger partial charge in [0.25, 0.3) is 0 Å². The zero-order valence-corrected chi connectivity index (χ0v) is 12.4. The number of rotatable bonds is 4. The Kier molecular flexibility index (Phi) is 4.36. The first-order valence-corrected chi connectivity index (χ1v) is 6.50. The molecule has 0 amide bonds. The third-order valence-corrected chi connectivity index (χ3v) is 3.21. The van der Waals surface area contributed by atoms with Crippen LogP contribution in [0.3, 0.4) is 0 Å². The number of pyridine rings is 1. The van der Waals surface area contributed by atoms with Gasteiger partial charge in [0.05, 0.1) is 17.6 Å². The molecule has 1 heterocycles. The average Bonchev–Trinajstić information content (AvgIpc) is 2.50. The predicted molar refractivity (Wildman–Crippen MR) is 81.4 cm³/mol. The van der Waals surface area contributed by atoms with Gasteiger partial charge in [-0.1, -0.05) is 0 Å². The smallest absolute Gasteiger partial charge is 0.337 e. The molecule has 0 unspecified atom stereocenters. The van der Waals surface area contributed by atoms with Gasteiger partial charge in [-0.2, -0.15) is 0 Å². The van der Waals surface area contributed by atoms with Gasteiger partial charge in [-0.3, -0.25) is 10.1 Å². The standard InChI is InChI=1S/C15H15N3O4/c1-9-8-13(18(20)21)14(16-10(9)2)17-12-6-4-11(5-7-12)15(19)22-3/h4-8H,1-3H3,(H,16,17). The van der Waals surface area contributed by atoms with Crippen LogP contribution in [-0.2, 0) is 4.74 Å². The molecule has 1 aromatic heterocycles. The van der Waals surface area contributed by atoms with Crippen molar-refractivity contribution in [1.82, 2.24) is 4.98 Å². The van der Waals surface area contributed by atoms with Crippen molar-refractivity contribution in [3.8, 4) is 0 Å². The molecule has 1 N–H and O–H groups in total. The fourth-order valence-electron chi connectivity index (χ4n) is 1.87. The Morgan fingerprint density at radius 2 is 1.91 bits per heavy atom. The fourth-order valence-corrected chi connectivity index (χ4v) is 1.87. The molecule has 7 nitrogen and oxygen atoms in total. The Morgan fingerprint density at radius 3 is 2.45 bits per heavy atom. The van der Waals surface area contributed by atoms with Gasteiger partial charge < -0.3 is 10.1 Å². The minimum Gasteiger partial charge on any atom is -0.465 e. The van der Waals surface area contributed by atoms with Crippen molar-refractivity contribution in [3.63, 3.8) is 0 Å². The molecule has 22 heavy (non-hydrogen) atoms. The normalized spacial score (nSPS) is 10.1. The molecule has 0 spiro atoms. The van der Waals surface area contributed by atoms with E-state index < -0.39 is 10.9 Å². The molecule has 0 atom stereocenters. The zero-order valence-electron chi connectivity index (χ0n) is 12.4. The maximum Gasteiger partial charge on any atom is 0.337 e. The molecule has 0 aliphatic carbocycles. The second kappa shape index (κ2) is 6.21. The Morgan fingerprint density at radius 1 is 1.27 bits per heavy atom. The van der Waals surface area contributed by atoms with Crippen LogP contribution >= 0.6 is 0 Å². The molecule has 114 valence electrons. The minimum atomic E-state index is -0.482. The van der Waals surface area contributed by atoms with Crippen molar-refractivity contribution in [2.75, 3.05) is 12.4 Å². The predicted octanol–water partition coefficient (Wildman–Crippen LogP) is 3.14. The number of nitro groups is 1. The lowest BCUT2D eigenvalue weighted by molar-refractivity contribution is -0.384. The van der Waals surface area contributed by atoms with Crippen LogP contribution in [0.15, 0.2) is 30.3 Å². The van der Waals surface area contributed by atoms with Crippen LogP contribution < -0.4 is 5.32 Å². The highest BCUT2D eigenvalue weighted by molar-refractivity contribution is 5.89. The first kappa shape index (κ1) is 15.4. The van der Waals surface area contributed by atoms with E-state index in [4.69, 9.17) is 0 Å². The molecule has 1 aromatic carbocycles. The van der Waals surface area contributed by atoms with E-state index in [1.165, 1.54) is 13.2 Å². The fraction of sp³-hybridized carbons (Fsp3) is 0.200. The molecule has 2 aromatic rings. The van der Waals surface area contributed by atoms with Gasteiger partial charge in [0.15, 0.2) is 0 Å². The summed E-state index contributed by atoms with van der Waals surface area (Å²) in [6, 6.07) is 7.88. The van der Waals surface area contributed by atoms with Gasteiger partial charge in [0, 0.05) is 17.4 Å². The van der Waals surface area contributed by atoms with Gasteiger partial charge >= 0.3 is 11.7 Å². The number of ether oxygens (including phenoxy) is 1. The second-order valence-corrected chi connectivity index (χ2v) is 4.71. The lowest BCUT2D eigenvalue weighted by atomic mass is 10.2. The number of carbonyl (C=O) groups excluding carboxylic acids is 1. The van der Waals surface area contributed by atoms with E-state index in [0.717, 1.165) is 5.56 Å². The molecular formula is C15H15N3O4. The number of nitrogens with zero attached hydrogens (tertiary/aromatic N) is 2. The van der Waals surface area contributed by atoms with Crippen LogP contribution in [0.2, 0.25) is 0 Å². The number of nitrogens with one attached hydrogen (secondary N) is 1. The lowest BCUT2D eigenvalue weighted by Gasteiger charge is -2.09. The number of methoxy groups -OCH3 is 1. The largest absolute Gasteiger partial charge is 0.465 e. The number of anilines is 2. The molecule has 2 rings (SSSR count). The van der Waals surface area contributed by atoms with Gasteiger partial charge in [-0.15, -0.1) is 0 Å². The molecule has 7 heteroatoms. The topological polar surface area (TPSA) is 94.4 Å². The summed E-state index contributed by atoms with van der Waals surface area (Å²) in [5.41, 5.74) is 2.35. The Labute approximate surface area is 127 Å². The Bertz CT molecular complexity index is 726. The SMILES string of the molecule is COC(=O)c1ccc(Nc2nc(C)c(C)cc2[N+](=O)[O-])cc1. The molecule has 0 radical (unpaired) electrons. The van der Waals surface area contributed by atoms with Gasteiger partial charge in [0.1, 0.15) is 0 Å². The number of aromatic nitrogens is 1. The highest BCUT2D eigenvalue weighted by atomic mass is 16.6. The highest BCUT2D eigenvalue weighted by Crippen LogP contribution is 2.27. The maximum atomic E-state index is 11.4. The summed E-state index contributed by atoms with van der Waals surface area (Å²) in [4.78, 5) is 26.2. The number of carbonyl (C=O) groups is 1. The van der Waals surface area contributed by atoms with Crippen LogP contribution in [0.1, 0.15) is 21.6 Å². The Balaban J connectivity index is 2.32. The van der Waals surface area contributed by atoms with Gasteiger partial charge in [0.2, 0.25) is 5.82 Å². The number of esters is 1. The van der Waals surface area contributed by atoms with Crippen molar-refractivity contribution in [2.24, 2.45) is 0 Å². The second-order valence-electron chi connectivity index (χ2n) is 4.71. The molecule has 0 aliphatic heterocycles.